The van der Waals surface area contributed by atoms with E-state index in [4.69, 9.17) is 0 Å². The Morgan fingerprint density at radius 3 is 1.56 bits per heavy atom. The van der Waals surface area contributed by atoms with E-state index in [1.54, 1.807) is 16.7 Å². The molecule has 0 heterocycles. The van der Waals surface area contributed by atoms with Crippen LogP contribution in [0.25, 0.3) is 10.8 Å². The summed E-state index contributed by atoms with van der Waals surface area (Å²) in [5.74, 6) is 0. The Labute approximate surface area is 253 Å². The highest BCUT2D eigenvalue weighted by atomic mass is 14.9. The van der Waals surface area contributed by atoms with Gasteiger partial charge in [-0.05, 0) is 72.7 Å². The van der Waals surface area contributed by atoms with Crippen molar-refractivity contribution < 1.29 is 0 Å². The molecule has 0 spiro atoms. The first-order chi connectivity index (χ1) is 20.3. The summed E-state index contributed by atoms with van der Waals surface area (Å²) >= 11 is 0. The summed E-state index contributed by atoms with van der Waals surface area (Å²) in [5, 5.41) is 6.57. The van der Waals surface area contributed by atoms with Crippen LogP contribution in [0.15, 0.2) is 54.6 Å². The summed E-state index contributed by atoms with van der Waals surface area (Å²) in [6.45, 7) is 6.94. The lowest BCUT2D eigenvalue weighted by Crippen LogP contribution is -2.06. The van der Waals surface area contributed by atoms with Gasteiger partial charge in [0.1, 0.15) is 0 Å². The zero-order chi connectivity index (χ0) is 29.0. The minimum absolute atomic E-state index is 1.20. The lowest BCUT2D eigenvalue weighted by atomic mass is 9.88. The second-order valence-electron chi connectivity index (χ2n) is 12.4. The molecule has 0 amide bonds. The molecule has 1 heteroatoms. The lowest BCUT2D eigenvalue weighted by Gasteiger charge is -2.21. The molecule has 226 valence electrons. The van der Waals surface area contributed by atoms with Gasteiger partial charge in [0.15, 0.2) is 0 Å². The Morgan fingerprint density at radius 2 is 0.927 bits per heavy atom. The molecule has 0 radical (unpaired) electrons. The van der Waals surface area contributed by atoms with Crippen LogP contribution in [0, 0.1) is 0 Å². The molecule has 0 saturated heterocycles. The number of anilines is 2. The number of rotatable bonds is 23. The highest BCUT2D eigenvalue weighted by Crippen LogP contribution is 2.33. The molecule has 41 heavy (non-hydrogen) atoms. The molecule has 0 aliphatic heterocycles. The predicted molar refractivity (Wildman–Crippen MR) is 185 cm³/mol. The molecule has 0 unspecified atom stereocenters. The van der Waals surface area contributed by atoms with Crippen LogP contribution in [0.2, 0.25) is 0 Å². The van der Waals surface area contributed by atoms with Crippen molar-refractivity contribution in [1.82, 2.24) is 0 Å². The Bertz CT molecular complexity index is 1090. The van der Waals surface area contributed by atoms with Crippen molar-refractivity contribution in [3.63, 3.8) is 0 Å². The zero-order valence-corrected chi connectivity index (χ0v) is 27.0. The first-order valence-corrected chi connectivity index (χ1v) is 17.7. The molecular formula is C40H61N. The van der Waals surface area contributed by atoms with Gasteiger partial charge in [-0.2, -0.15) is 0 Å². The summed E-state index contributed by atoms with van der Waals surface area (Å²) in [4.78, 5) is 0. The maximum atomic E-state index is 3.95. The Hall–Kier alpha value is -2.28. The first-order valence-electron chi connectivity index (χ1n) is 17.7. The van der Waals surface area contributed by atoms with Crippen LogP contribution in [0.3, 0.4) is 0 Å². The number of aryl methyl sites for hydroxylation is 1. The molecule has 3 rings (SSSR count). The van der Waals surface area contributed by atoms with Crippen LogP contribution < -0.4 is 5.32 Å². The average Bonchev–Trinajstić information content (AvgIpc) is 3.00. The molecule has 0 aliphatic carbocycles. The second kappa shape index (κ2) is 20.6. The van der Waals surface area contributed by atoms with Gasteiger partial charge in [-0.15, -0.1) is 0 Å². The average molecular weight is 556 g/mol. The third kappa shape index (κ3) is 11.9. The van der Waals surface area contributed by atoms with E-state index in [0.29, 0.717) is 0 Å². The number of benzene rings is 3. The van der Waals surface area contributed by atoms with E-state index < -0.39 is 0 Å². The van der Waals surface area contributed by atoms with Crippen LogP contribution in [-0.4, -0.2) is 0 Å². The van der Waals surface area contributed by atoms with Crippen LogP contribution in [0.4, 0.5) is 11.4 Å². The predicted octanol–water partition coefficient (Wildman–Crippen LogP) is 13.3. The first kappa shape index (κ1) is 33.2. The smallest absolute Gasteiger partial charge is 0.0463 e. The van der Waals surface area contributed by atoms with Crippen LogP contribution in [0.1, 0.15) is 153 Å². The summed E-state index contributed by atoms with van der Waals surface area (Å²) < 4.78 is 0. The normalized spacial score (nSPS) is 11.4. The maximum absolute atomic E-state index is 3.95. The van der Waals surface area contributed by atoms with Crippen LogP contribution in [0.5, 0.6) is 0 Å². The van der Waals surface area contributed by atoms with Crippen molar-refractivity contribution in [2.24, 2.45) is 0 Å². The second-order valence-corrected chi connectivity index (χ2v) is 12.4. The van der Waals surface area contributed by atoms with Crippen molar-refractivity contribution >= 4 is 22.1 Å². The van der Waals surface area contributed by atoms with Crippen molar-refractivity contribution in [2.75, 3.05) is 5.32 Å². The van der Waals surface area contributed by atoms with E-state index in [2.05, 4.69) is 80.7 Å². The molecule has 3 aromatic carbocycles. The Balaban J connectivity index is 1.84. The van der Waals surface area contributed by atoms with E-state index in [0.717, 1.165) is 0 Å². The monoisotopic (exact) mass is 555 g/mol. The zero-order valence-electron chi connectivity index (χ0n) is 27.0. The van der Waals surface area contributed by atoms with Gasteiger partial charge in [-0.25, -0.2) is 0 Å². The molecule has 0 saturated carbocycles. The van der Waals surface area contributed by atoms with Gasteiger partial charge in [0.05, 0.1) is 0 Å². The minimum atomic E-state index is 1.20. The topological polar surface area (TPSA) is 12.0 Å². The third-order valence-corrected chi connectivity index (χ3v) is 8.95. The number of fused-ring (bicyclic) bond motifs is 1. The SMILES string of the molecule is CCCCCCCCc1ccc(Nc2cccc3ccccc23)c(CCCCCCCC)c1CCCCCCCC. The molecule has 3 aromatic rings. The number of hydrogen-bond acceptors (Lipinski definition) is 1. The van der Waals surface area contributed by atoms with E-state index >= 15 is 0 Å². The fourth-order valence-corrected chi connectivity index (χ4v) is 6.43. The van der Waals surface area contributed by atoms with Crippen molar-refractivity contribution in [3.8, 4) is 0 Å². The summed E-state index contributed by atoms with van der Waals surface area (Å²) in [6.07, 6.45) is 28.2. The molecule has 0 aromatic heterocycles. The lowest BCUT2D eigenvalue weighted by molar-refractivity contribution is 0.593. The van der Waals surface area contributed by atoms with E-state index in [9.17, 15) is 0 Å². The molecule has 0 bridgehead atoms. The fraction of sp³-hybridized carbons (Fsp3) is 0.600. The molecule has 0 fully saturated rings. The van der Waals surface area contributed by atoms with Gasteiger partial charge >= 0.3 is 0 Å². The summed E-state index contributed by atoms with van der Waals surface area (Å²) in [5.41, 5.74) is 7.53. The largest absolute Gasteiger partial charge is 0.355 e. The molecule has 1 N–H and O–H groups in total. The van der Waals surface area contributed by atoms with E-state index in [1.807, 2.05) is 0 Å². The van der Waals surface area contributed by atoms with Crippen molar-refractivity contribution in [1.29, 1.82) is 0 Å². The standard InChI is InChI=1S/C40H61N/c1-4-7-10-13-16-19-25-35-32-33-40(41-39-31-24-27-34-26-22-23-29-37(34)39)38(30-21-18-15-12-9-6-3)36(35)28-20-17-14-11-8-5-2/h22-24,26-27,29,31-33,41H,4-21,25,28,30H2,1-3H3. The Kier molecular flexibility index (Phi) is 16.7. The molecule has 1 nitrogen and oxygen atoms in total. The molecule has 0 aliphatic rings. The number of nitrogens with one attached hydrogen (secondary N) is 1. The van der Waals surface area contributed by atoms with Gasteiger partial charge in [0.2, 0.25) is 0 Å². The van der Waals surface area contributed by atoms with E-state index in [1.165, 1.54) is 157 Å². The minimum Gasteiger partial charge on any atom is -0.355 e. The molecule has 0 atom stereocenters. The highest BCUT2D eigenvalue weighted by Gasteiger charge is 2.15. The number of unbranched alkanes of at least 4 members (excludes halogenated alkanes) is 15. The van der Waals surface area contributed by atoms with Gasteiger partial charge in [0, 0.05) is 16.8 Å². The fourth-order valence-electron chi connectivity index (χ4n) is 6.43. The maximum Gasteiger partial charge on any atom is 0.0463 e. The van der Waals surface area contributed by atoms with Gasteiger partial charge in [-0.3, -0.25) is 0 Å². The van der Waals surface area contributed by atoms with Gasteiger partial charge < -0.3 is 5.32 Å². The van der Waals surface area contributed by atoms with Gasteiger partial charge in [-0.1, -0.05) is 160 Å². The summed E-state index contributed by atoms with van der Waals surface area (Å²) in [7, 11) is 0. The summed E-state index contributed by atoms with van der Waals surface area (Å²) in [6, 6.07) is 20.4. The van der Waals surface area contributed by atoms with Gasteiger partial charge in [0.25, 0.3) is 0 Å². The number of hydrogen-bond donors (Lipinski definition) is 1. The van der Waals surface area contributed by atoms with Crippen LogP contribution in [-0.2, 0) is 19.3 Å². The quantitative estimate of drug-likeness (QED) is 0.115. The Morgan fingerprint density at radius 1 is 0.415 bits per heavy atom. The van der Waals surface area contributed by atoms with Crippen molar-refractivity contribution in [3.05, 3.63) is 71.3 Å². The van der Waals surface area contributed by atoms with Crippen LogP contribution >= 0.6 is 0 Å². The van der Waals surface area contributed by atoms with Crippen molar-refractivity contribution in [2.45, 2.75) is 156 Å². The van der Waals surface area contributed by atoms with E-state index in [-0.39, 0.29) is 0 Å². The molecular weight excluding hydrogens is 494 g/mol. The highest BCUT2D eigenvalue weighted by molar-refractivity contribution is 5.95. The third-order valence-electron chi connectivity index (χ3n) is 8.95.